The molecule has 0 aliphatic rings. The van der Waals surface area contributed by atoms with Crippen molar-refractivity contribution >= 4 is 11.6 Å². The fourth-order valence-corrected chi connectivity index (χ4v) is 2.03. The molecule has 0 aliphatic heterocycles. The number of benzene rings is 1. The predicted molar refractivity (Wildman–Crippen MR) is 65.6 cm³/mol. The van der Waals surface area contributed by atoms with E-state index in [9.17, 15) is 18.3 Å². The predicted octanol–water partition coefficient (Wildman–Crippen LogP) is 4.23. The van der Waals surface area contributed by atoms with Crippen molar-refractivity contribution in [1.29, 1.82) is 0 Å². The second-order valence-electron chi connectivity index (χ2n) is 4.37. The van der Waals surface area contributed by atoms with Gasteiger partial charge >= 0.3 is 6.18 Å². The van der Waals surface area contributed by atoms with Crippen LogP contribution in [0.4, 0.5) is 13.2 Å². The molecule has 2 atom stereocenters. The zero-order valence-electron chi connectivity index (χ0n) is 10.1. The van der Waals surface area contributed by atoms with Gasteiger partial charge in [0.2, 0.25) is 0 Å². The van der Waals surface area contributed by atoms with Crippen LogP contribution in [0.1, 0.15) is 29.5 Å². The molecule has 0 heterocycles. The first-order valence-corrected chi connectivity index (χ1v) is 5.66. The zero-order chi connectivity index (χ0) is 14.1. The van der Waals surface area contributed by atoms with Gasteiger partial charge < -0.3 is 5.11 Å². The molecule has 0 radical (unpaired) electrons. The van der Waals surface area contributed by atoms with Crippen molar-refractivity contribution in [2.45, 2.75) is 31.0 Å². The van der Waals surface area contributed by atoms with Crippen molar-refractivity contribution in [3.63, 3.8) is 0 Å². The standard InChI is InChI=1S/C13H14ClF3O/c1-4-11(12(3,14)18)9-5-8(2)6-10(7-9)13(15,16)17/h4-7,11,18H,1H2,2-3H3. The molecule has 0 aliphatic carbocycles. The van der Waals surface area contributed by atoms with Gasteiger partial charge in [-0.25, -0.2) is 0 Å². The molecule has 5 heteroatoms. The Hall–Kier alpha value is -1.00. The Balaban J connectivity index is 3.33. The van der Waals surface area contributed by atoms with Gasteiger partial charge in [-0.15, -0.1) is 6.58 Å². The van der Waals surface area contributed by atoms with Crippen molar-refractivity contribution in [3.05, 3.63) is 47.5 Å². The van der Waals surface area contributed by atoms with Crippen LogP contribution in [0.5, 0.6) is 0 Å². The lowest BCUT2D eigenvalue weighted by Crippen LogP contribution is -2.24. The zero-order valence-corrected chi connectivity index (χ0v) is 10.8. The monoisotopic (exact) mass is 278 g/mol. The van der Waals surface area contributed by atoms with Gasteiger partial charge in [0.05, 0.1) is 5.56 Å². The number of rotatable bonds is 3. The van der Waals surface area contributed by atoms with Gasteiger partial charge in [-0.3, -0.25) is 0 Å². The van der Waals surface area contributed by atoms with E-state index in [4.69, 9.17) is 11.6 Å². The summed E-state index contributed by atoms with van der Waals surface area (Å²) in [4.78, 5) is 0. The third kappa shape index (κ3) is 3.50. The highest BCUT2D eigenvalue weighted by Gasteiger charge is 2.34. The Labute approximate surface area is 109 Å². The van der Waals surface area contributed by atoms with Crippen LogP contribution in [0.25, 0.3) is 0 Å². The summed E-state index contributed by atoms with van der Waals surface area (Å²) in [6.45, 7) is 6.37. The van der Waals surface area contributed by atoms with E-state index in [0.29, 0.717) is 5.56 Å². The van der Waals surface area contributed by atoms with Crippen LogP contribution in [0.2, 0.25) is 0 Å². The first-order valence-electron chi connectivity index (χ1n) is 5.28. The molecule has 0 spiro atoms. The Bertz CT molecular complexity index is 447. The molecule has 0 fully saturated rings. The van der Waals surface area contributed by atoms with Gasteiger partial charge in [0.1, 0.15) is 5.06 Å². The third-order valence-corrected chi connectivity index (χ3v) is 2.82. The van der Waals surface area contributed by atoms with E-state index in [1.54, 1.807) is 13.0 Å². The lowest BCUT2D eigenvalue weighted by atomic mass is 9.91. The van der Waals surface area contributed by atoms with Gasteiger partial charge in [0.25, 0.3) is 0 Å². The minimum Gasteiger partial charge on any atom is -0.374 e. The smallest absolute Gasteiger partial charge is 0.374 e. The van der Waals surface area contributed by atoms with Crippen molar-refractivity contribution in [2.24, 2.45) is 0 Å². The molecule has 18 heavy (non-hydrogen) atoms. The highest BCUT2D eigenvalue weighted by atomic mass is 35.5. The molecular weight excluding hydrogens is 265 g/mol. The first-order chi connectivity index (χ1) is 8.05. The molecule has 1 aromatic carbocycles. The molecular formula is C13H14ClF3O. The van der Waals surface area contributed by atoms with E-state index in [2.05, 4.69) is 6.58 Å². The van der Waals surface area contributed by atoms with Crippen LogP contribution >= 0.6 is 11.6 Å². The summed E-state index contributed by atoms with van der Waals surface area (Å²) in [7, 11) is 0. The fraction of sp³-hybridized carbons (Fsp3) is 0.385. The Kier molecular flexibility index (Phi) is 4.13. The molecule has 0 bridgehead atoms. The number of hydrogen-bond donors (Lipinski definition) is 1. The molecule has 100 valence electrons. The highest BCUT2D eigenvalue weighted by molar-refractivity contribution is 6.23. The molecule has 0 amide bonds. The maximum atomic E-state index is 12.7. The number of alkyl halides is 4. The average molecular weight is 279 g/mol. The van der Waals surface area contributed by atoms with E-state index < -0.39 is 22.7 Å². The van der Waals surface area contributed by atoms with Crippen molar-refractivity contribution in [3.8, 4) is 0 Å². The van der Waals surface area contributed by atoms with Crippen LogP contribution in [0.15, 0.2) is 30.9 Å². The summed E-state index contributed by atoms with van der Waals surface area (Å²) in [6.07, 6.45) is -3.09. The van der Waals surface area contributed by atoms with Crippen LogP contribution < -0.4 is 0 Å². The van der Waals surface area contributed by atoms with Gasteiger partial charge in [0.15, 0.2) is 0 Å². The van der Waals surface area contributed by atoms with Gasteiger partial charge in [-0.05, 0) is 31.5 Å². The third-order valence-electron chi connectivity index (χ3n) is 2.59. The molecule has 0 aromatic heterocycles. The molecule has 0 saturated heterocycles. The van der Waals surface area contributed by atoms with E-state index in [0.717, 1.165) is 12.1 Å². The first kappa shape index (κ1) is 15.1. The number of halogens is 4. The summed E-state index contributed by atoms with van der Waals surface area (Å²) in [5.74, 6) is -0.778. The largest absolute Gasteiger partial charge is 0.416 e. The Morgan fingerprint density at radius 2 is 1.89 bits per heavy atom. The van der Waals surface area contributed by atoms with Crippen molar-refractivity contribution < 1.29 is 18.3 Å². The quantitative estimate of drug-likeness (QED) is 0.648. The molecule has 1 rings (SSSR count). The lowest BCUT2D eigenvalue weighted by Gasteiger charge is -2.25. The molecule has 0 saturated carbocycles. The maximum Gasteiger partial charge on any atom is 0.416 e. The van der Waals surface area contributed by atoms with Crippen LogP contribution in [-0.2, 0) is 6.18 Å². The van der Waals surface area contributed by atoms with Crippen molar-refractivity contribution in [2.75, 3.05) is 0 Å². The van der Waals surface area contributed by atoms with Crippen LogP contribution in [-0.4, -0.2) is 10.2 Å². The van der Waals surface area contributed by atoms with E-state index in [-0.39, 0.29) is 5.56 Å². The van der Waals surface area contributed by atoms with E-state index >= 15 is 0 Å². The summed E-state index contributed by atoms with van der Waals surface area (Å²) in [6, 6.07) is 3.58. The van der Waals surface area contributed by atoms with E-state index in [1.807, 2.05) is 0 Å². The van der Waals surface area contributed by atoms with Crippen LogP contribution in [0.3, 0.4) is 0 Å². The minimum atomic E-state index is -4.43. The average Bonchev–Trinajstić information content (AvgIpc) is 2.13. The van der Waals surface area contributed by atoms with E-state index in [1.165, 1.54) is 13.0 Å². The Morgan fingerprint density at radius 3 is 2.28 bits per heavy atom. The lowest BCUT2D eigenvalue weighted by molar-refractivity contribution is -0.137. The Morgan fingerprint density at radius 1 is 1.33 bits per heavy atom. The summed E-state index contributed by atoms with van der Waals surface area (Å²) >= 11 is 5.76. The van der Waals surface area contributed by atoms with Gasteiger partial charge in [-0.1, -0.05) is 29.3 Å². The summed E-state index contributed by atoms with van der Waals surface area (Å²) in [5, 5.41) is 8.05. The molecule has 1 N–H and O–H groups in total. The van der Waals surface area contributed by atoms with Gasteiger partial charge in [-0.2, -0.15) is 13.2 Å². The minimum absolute atomic E-state index is 0.289. The molecule has 1 aromatic rings. The fourth-order valence-electron chi connectivity index (χ4n) is 1.81. The number of aliphatic hydroxyl groups is 1. The number of aryl methyl sites for hydroxylation is 1. The highest BCUT2D eigenvalue weighted by Crippen LogP contribution is 2.37. The second kappa shape index (κ2) is 4.94. The van der Waals surface area contributed by atoms with Crippen molar-refractivity contribution in [1.82, 2.24) is 0 Å². The summed E-state index contributed by atoms with van der Waals surface area (Å²) in [5.41, 5.74) is -0.0183. The summed E-state index contributed by atoms with van der Waals surface area (Å²) < 4.78 is 38.1. The van der Waals surface area contributed by atoms with Gasteiger partial charge in [0, 0.05) is 5.92 Å². The normalized spacial score (nSPS) is 17.1. The maximum absolute atomic E-state index is 12.7. The molecule has 2 unspecified atom stereocenters. The molecule has 1 nitrogen and oxygen atoms in total. The van der Waals surface area contributed by atoms with Crippen LogP contribution in [0, 0.1) is 6.92 Å². The number of hydrogen-bond acceptors (Lipinski definition) is 1. The SMILES string of the molecule is C=CC(c1cc(C)cc(C(F)(F)F)c1)C(C)(O)Cl. The topological polar surface area (TPSA) is 20.2 Å². The second-order valence-corrected chi connectivity index (χ2v) is 5.13.